The zero-order valence-corrected chi connectivity index (χ0v) is 14.0. The van der Waals surface area contributed by atoms with Crippen LogP contribution < -0.4 is 10.2 Å². The first-order chi connectivity index (χ1) is 11.2. The van der Waals surface area contributed by atoms with Crippen LogP contribution in [0.4, 0.5) is 5.69 Å². The predicted molar refractivity (Wildman–Crippen MR) is 96.4 cm³/mol. The van der Waals surface area contributed by atoms with Gasteiger partial charge in [0.15, 0.2) is 0 Å². The largest absolute Gasteiger partial charge is 0.314 e. The molecule has 1 N–H and O–H groups in total. The molecule has 0 saturated heterocycles. The van der Waals surface area contributed by atoms with Gasteiger partial charge in [0.2, 0.25) is 5.91 Å². The van der Waals surface area contributed by atoms with E-state index < -0.39 is 0 Å². The van der Waals surface area contributed by atoms with Crippen molar-refractivity contribution in [2.75, 3.05) is 11.4 Å². The van der Waals surface area contributed by atoms with Crippen molar-refractivity contribution >= 4 is 11.6 Å². The van der Waals surface area contributed by atoms with E-state index in [-0.39, 0.29) is 5.91 Å². The third kappa shape index (κ3) is 5.53. The van der Waals surface area contributed by atoms with E-state index in [9.17, 15) is 4.79 Å². The number of hydrogen-bond acceptors (Lipinski definition) is 2. The van der Waals surface area contributed by atoms with Gasteiger partial charge in [-0.15, -0.1) is 0 Å². The molecule has 2 aromatic carbocycles. The molecule has 1 atom stereocenters. The third-order valence-electron chi connectivity index (χ3n) is 4.00. The summed E-state index contributed by atoms with van der Waals surface area (Å²) in [6.45, 7) is 5.60. The molecule has 0 aliphatic heterocycles. The lowest BCUT2D eigenvalue weighted by atomic mass is 10.1. The van der Waals surface area contributed by atoms with Crippen molar-refractivity contribution in [3.63, 3.8) is 0 Å². The molecule has 3 nitrogen and oxygen atoms in total. The van der Waals surface area contributed by atoms with Crippen molar-refractivity contribution in [2.24, 2.45) is 0 Å². The number of carbonyl (C=O) groups excluding carboxylic acids is 1. The van der Waals surface area contributed by atoms with Gasteiger partial charge in [-0.25, -0.2) is 0 Å². The van der Waals surface area contributed by atoms with Gasteiger partial charge >= 0.3 is 0 Å². The fourth-order valence-corrected chi connectivity index (χ4v) is 2.40. The molecular weight excluding hydrogens is 284 g/mol. The van der Waals surface area contributed by atoms with Gasteiger partial charge in [-0.1, -0.05) is 55.5 Å². The minimum absolute atomic E-state index is 0.149. The Morgan fingerprint density at radius 2 is 1.65 bits per heavy atom. The molecule has 0 aliphatic rings. The summed E-state index contributed by atoms with van der Waals surface area (Å²) in [4.78, 5) is 14.6. The number of para-hydroxylation sites is 1. The molecule has 2 aromatic rings. The molecular formula is C20H26N2O. The van der Waals surface area contributed by atoms with Crippen LogP contribution in [0.3, 0.4) is 0 Å². The van der Waals surface area contributed by atoms with E-state index in [2.05, 4.69) is 31.3 Å². The second-order valence-electron chi connectivity index (χ2n) is 5.81. The standard InChI is InChI=1S/C20H26N2O/c1-3-17(2)21-15-14-20(23)22(19-12-8-5-9-13-19)16-18-10-6-4-7-11-18/h4-13,17,21H,3,14-16H2,1-2H3. The van der Waals surface area contributed by atoms with Gasteiger partial charge in [-0.2, -0.15) is 0 Å². The number of anilines is 1. The highest BCUT2D eigenvalue weighted by Gasteiger charge is 2.15. The molecule has 0 aliphatic carbocycles. The summed E-state index contributed by atoms with van der Waals surface area (Å²) in [7, 11) is 0. The number of nitrogens with zero attached hydrogens (tertiary/aromatic N) is 1. The number of benzene rings is 2. The van der Waals surface area contributed by atoms with E-state index in [1.54, 1.807) is 0 Å². The Morgan fingerprint density at radius 3 is 2.26 bits per heavy atom. The van der Waals surface area contributed by atoms with E-state index in [0.29, 0.717) is 25.6 Å². The molecule has 2 rings (SSSR count). The van der Waals surface area contributed by atoms with E-state index in [1.807, 2.05) is 53.4 Å². The SMILES string of the molecule is CCC(C)NCCC(=O)N(Cc1ccccc1)c1ccccc1. The van der Waals surface area contributed by atoms with Crippen molar-refractivity contribution in [3.05, 3.63) is 66.2 Å². The van der Waals surface area contributed by atoms with Gasteiger partial charge < -0.3 is 10.2 Å². The summed E-state index contributed by atoms with van der Waals surface area (Å²) in [6, 6.07) is 20.5. The quantitative estimate of drug-likeness (QED) is 0.799. The minimum atomic E-state index is 0.149. The summed E-state index contributed by atoms with van der Waals surface area (Å²) in [6.07, 6.45) is 1.58. The number of amides is 1. The third-order valence-corrected chi connectivity index (χ3v) is 4.00. The lowest BCUT2D eigenvalue weighted by Crippen LogP contribution is -2.34. The first-order valence-electron chi connectivity index (χ1n) is 8.33. The maximum Gasteiger partial charge on any atom is 0.228 e. The van der Waals surface area contributed by atoms with Gasteiger partial charge in [-0.05, 0) is 31.0 Å². The molecule has 0 bridgehead atoms. The Hall–Kier alpha value is -2.13. The summed E-state index contributed by atoms with van der Waals surface area (Å²) < 4.78 is 0. The van der Waals surface area contributed by atoms with Gasteiger partial charge in [0.1, 0.15) is 0 Å². The summed E-state index contributed by atoms with van der Waals surface area (Å²) in [5.41, 5.74) is 2.09. The van der Waals surface area contributed by atoms with E-state index in [4.69, 9.17) is 0 Å². The second kappa shape index (κ2) is 9.11. The maximum atomic E-state index is 12.7. The first-order valence-corrected chi connectivity index (χ1v) is 8.33. The zero-order chi connectivity index (χ0) is 16.5. The maximum absolute atomic E-state index is 12.7. The summed E-state index contributed by atoms with van der Waals surface area (Å²) in [5.74, 6) is 0.149. The summed E-state index contributed by atoms with van der Waals surface area (Å²) >= 11 is 0. The smallest absolute Gasteiger partial charge is 0.228 e. The topological polar surface area (TPSA) is 32.3 Å². The zero-order valence-electron chi connectivity index (χ0n) is 14.0. The van der Waals surface area contributed by atoms with Crippen LogP contribution in [0.15, 0.2) is 60.7 Å². The van der Waals surface area contributed by atoms with Crippen molar-refractivity contribution in [2.45, 2.75) is 39.3 Å². The predicted octanol–water partition coefficient (Wildman–Crippen LogP) is 4.00. The average Bonchev–Trinajstić information content (AvgIpc) is 2.61. The lowest BCUT2D eigenvalue weighted by Gasteiger charge is -2.23. The molecule has 3 heteroatoms. The van der Waals surface area contributed by atoms with Crippen molar-refractivity contribution in [3.8, 4) is 0 Å². The Bertz CT molecular complexity index is 583. The van der Waals surface area contributed by atoms with Gasteiger partial charge in [-0.3, -0.25) is 4.79 Å². The Morgan fingerprint density at radius 1 is 1.04 bits per heavy atom. The normalized spacial score (nSPS) is 11.9. The Balaban J connectivity index is 2.06. The molecule has 122 valence electrons. The van der Waals surface area contributed by atoms with Gasteiger partial charge in [0.05, 0.1) is 6.54 Å². The molecule has 0 fully saturated rings. The van der Waals surface area contributed by atoms with Crippen molar-refractivity contribution < 1.29 is 4.79 Å². The molecule has 0 spiro atoms. The van der Waals surface area contributed by atoms with Crippen LogP contribution in [0.2, 0.25) is 0 Å². The number of hydrogen-bond donors (Lipinski definition) is 1. The monoisotopic (exact) mass is 310 g/mol. The van der Waals surface area contributed by atoms with Crippen LogP contribution in [-0.2, 0) is 11.3 Å². The first kappa shape index (κ1) is 17.2. The Kier molecular flexibility index (Phi) is 6.82. The lowest BCUT2D eigenvalue weighted by molar-refractivity contribution is -0.118. The number of rotatable bonds is 8. The highest BCUT2D eigenvalue weighted by Crippen LogP contribution is 2.18. The van der Waals surface area contributed by atoms with Gasteiger partial charge in [0.25, 0.3) is 0 Å². The summed E-state index contributed by atoms with van der Waals surface area (Å²) in [5, 5.41) is 3.39. The molecule has 23 heavy (non-hydrogen) atoms. The highest BCUT2D eigenvalue weighted by molar-refractivity contribution is 5.93. The molecule has 0 saturated carbocycles. The fraction of sp³-hybridized carbons (Fsp3) is 0.350. The van der Waals surface area contributed by atoms with Crippen molar-refractivity contribution in [1.82, 2.24) is 5.32 Å². The highest BCUT2D eigenvalue weighted by atomic mass is 16.2. The van der Waals surface area contributed by atoms with Crippen LogP contribution in [-0.4, -0.2) is 18.5 Å². The minimum Gasteiger partial charge on any atom is -0.314 e. The van der Waals surface area contributed by atoms with Crippen LogP contribution in [0.1, 0.15) is 32.3 Å². The average molecular weight is 310 g/mol. The van der Waals surface area contributed by atoms with Crippen LogP contribution >= 0.6 is 0 Å². The van der Waals surface area contributed by atoms with E-state index in [1.165, 1.54) is 0 Å². The molecule has 1 unspecified atom stereocenters. The van der Waals surface area contributed by atoms with Gasteiger partial charge in [0, 0.05) is 24.7 Å². The van der Waals surface area contributed by atoms with E-state index >= 15 is 0 Å². The van der Waals surface area contributed by atoms with Crippen LogP contribution in [0.5, 0.6) is 0 Å². The number of carbonyl (C=O) groups is 1. The molecule has 1 amide bonds. The molecule has 0 radical (unpaired) electrons. The number of nitrogens with one attached hydrogen (secondary N) is 1. The van der Waals surface area contributed by atoms with Crippen LogP contribution in [0.25, 0.3) is 0 Å². The molecule has 0 aromatic heterocycles. The Labute approximate surface area is 139 Å². The second-order valence-corrected chi connectivity index (χ2v) is 5.81. The van der Waals surface area contributed by atoms with Crippen molar-refractivity contribution in [1.29, 1.82) is 0 Å². The molecule has 0 heterocycles. The van der Waals surface area contributed by atoms with Crippen LogP contribution in [0, 0.1) is 0 Å². The van der Waals surface area contributed by atoms with E-state index in [0.717, 1.165) is 17.7 Å². The fourth-order valence-electron chi connectivity index (χ4n) is 2.40.